The lowest BCUT2D eigenvalue weighted by atomic mass is 10.0. The van der Waals surface area contributed by atoms with Gasteiger partial charge in [-0.3, -0.25) is 0 Å². The smallest absolute Gasteiger partial charge is 0.184 e. The average molecular weight is 302 g/mol. The Bertz CT molecular complexity index is 389. The van der Waals surface area contributed by atoms with Crippen LogP contribution in [0.2, 0.25) is 0 Å². The van der Waals surface area contributed by atoms with Gasteiger partial charge in [0.15, 0.2) is 6.29 Å². The molecule has 1 fully saturated rings. The van der Waals surface area contributed by atoms with E-state index in [9.17, 15) is 10.2 Å². The molecule has 2 rings (SSSR count). The fourth-order valence-corrected chi connectivity index (χ4v) is 2.56. The van der Waals surface area contributed by atoms with Crippen molar-refractivity contribution < 1.29 is 19.7 Å². The normalized spacial score (nSPS) is 33.1. The topological polar surface area (TPSA) is 58.9 Å². The summed E-state index contributed by atoms with van der Waals surface area (Å²) in [5.74, 6) is 0.562. The molecule has 0 saturated carbocycles. The number of aliphatic hydroxyl groups excluding tert-OH is 2. The van der Waals surface area contributed by atoms with Gasteiger partial charge in [0.05, 0.1) is 12.2 Å². The summed E-state index contributed by atoms with van der Waals surface area (Å²) in [6.07, 6.45) is -3.59. The van der Waals surface area contributed by atoms with Gasteiger partial charge < -0.3 is 19.7 Å². The predicted molar refractivity (Wildman–Crippen MR) is 78.6 cm³/mol. The van der Waals surface area contributed by atoms with Gasteiger partial charge in [0, 0.05) is 17.1 Å². The zero-order valence-corrected chi connectivity index (χ0v) is 12.1. The molecule has 5 atom stereocenters. The van der Waals surface area contributed by atoms with Crippen molar-refractivity contribution in [2.45, 2.75) is 30.7 Å². The van der Waals surface area contributed by atoms with Gasteiger partial charge in [-0.2, -0.15) is 25.3 Å². The maximum Gasteiger partial charge on any atom is 0.184 e. The molecule has 0 bridgehead atoms. The molecular formula is C13H18O4S2. The molecule has 19 heavy (non-hydrogen) atoms. The van der Waals surface area contributed by atoms with Gasteiger partial charge in [0.2, 0.25) is 0 Å². The number of rotatable bonds is 4. The van der Waals surface area contributed by atoms with Crippen LogP contribution in [-0.2, 0) is 9.47 Å². The van der Waals surface area contributed by atoms with E-state index in [2.05, 4.69) is 25.3 Å². The second kappa shape index (κ2) is 6.97. The lowest BCUT2D eigenvalue weighted by Crippen LogP contribution is -2.53. The van der Waals surface area contributed by atoms with E-state index < -0.39 is 30.7 Å². The molecule has 0 amide bonds. The van der Waals surface area contributed by atoms with Crippen LogP contribution in [0, 0.1) is 0 Å². The van der Waals surface area contributed by atoms with E-state index in [1.807, 2.05) is 30.3 Å². The summed E-state index contributed by atoms with van der Waals surface area (Å²) in [4.78, 5) is 0. The SMILES string of the molecule is OC(CS)C1OC(c2ccccc2)OC(CS)C1O. The highest BCUT2D eigenvalue weighted by atomic mass is 32.1. The van der Waals surface area contributed by atoms with Gasteiger partial charge in [-0.05, 0) is 0 Å². The van der Waals surface area contributed by atoms with Crippen LogP contribution in [0.4, 0.5) is 0 Å². The van der Waals surface area contributed by atoms with Gasteiger partial charge in [-0.1, -0.05) is 30.3 Å². The van der Waals surface area contributed by atoms with Crippen LogP contribution in [0.5, 0.6) is 0 Å². The summed E-state index contributed by atoms with van der Waals surface area (Å²) >= 11 is 8.21. The van der Waals surface area contributed by atoms with Crippen molar-refractivity contribution in [3.05, 3.63) is 35.9 Å². The molecule has 6 heteroatoms. The van der Waals surface area contributed by atoms with Crippen molar-refractivity contribution in [1.82, 2.24) is 0 Å². The fourth-order valence-electron chi connectivity index (χ4n) is 2.05. The Morgan fingerprint density at radius 1 is 1.16 bits per heavy atom. The molecule has 0 radical (unpaired) electrons. The van der Waals surface area contributed by atoms with Crippen molar-refractivity contribution in [2.75, 3.05) is 11.5 Å². The predicted octanol–water partition coefficient (Wildman–Crippen LogP) is 1.05. The highest BCUT2D eigenvalue weighted by molar-refractivity contribution is 7.80. The van der Waals surface area contributed by atoms with Crippen molar-refractivity contribution >= 4 is 25.3 Å². The number of benzene rings is 1. The summed E-state index contributed by atoms with van der Waals surface area (Å²) in [6, 6.07) is 9.42. The van der Waals surface area contributed by atoms with Gasteiger partial charge in [-0.25, -0.2) is 0 Å². The van der Waals surface area contributed by atoms with Crippen LogP contribution in [0.15, 0.2) is 30.3 Å². The van der Waals surface area contributed by atoms with Crippen LogP contribution in [-0.4, -0.2) is 46.1 Å². The van der Waals surface area contributed by atoms with Gasteiger partial charge in [-0.15, -0.1) is 0 Å². The van der Waals surface area contributed by atoms with E-state index in [1.165, 1.54) is 0 Å². The number of thiol groups is 2. The molecule has 1 heterocycles. The third kappa shape index (κ3) is 3.45. The van der Waals surface area contributed by atoms with Crippen molar-refractivity contribution in [2.24, 2.45) is 0 Å². The Hall–Kier alpha value is -0.240. The second-order valence-corrected chi connectivity index (χ2v) is 5.17. The minimum absolute atomic E-state index is 0.211. The third-order valence-corrected chi connectivity index (χ3v) is 3.85. The lowest BCUT2D eigenvalue weighted by molar-refractivity contribution is -0.297. The van der Waals surface area contributed by atoms with E-state index in [0.717, 1.165) is 5.56 Å². The molecule has 1 aliphatic heterocycles. The molecule has 1 saturated heterocycles. The first kappa shape index (κ1) is 15.2. The Balaban J connectivity index is 2.18. The minimum Gasteiger partial charge on any atom is -0.389 e. The van der Waals surface area contributed by atoms with E-state index in [1.54, 1.807) is 0 Å². The van der Waals surface area contributed by atoms with Gasteiger partial charge in [0.25, 0.3) is 0 Å². The maximum atomic E-state index is 10.1. The highest BCUT2D eigenvalue weighted by Gasteiger charge is 2.41. The van der Waals surface area contributed by atoms with Crippen molar-refractivity contribution in [3.8, 4) is 0 Å². The standard InChI is InChI=1S/C13H18O4S2/c14-9(6-18)12-11(15)10(7-19)16-13(17-12)8-4-2-1-3-5-8/h1-5,9-15,18-19H,6-7H2. The molecule has 1 aromatic carbocycles. The molecule has 0 aliphatic carbocycles. The summed E-state index contributed by atoms with van der Waals surface area (Å²) in [5.41, 5.74) is 0.845. The monoisotopic (exact) mass is 302 g/mol. The van der Waals surface area contributed by atoms with E-state index >= 15 is 0 Å². The first-order valence-electron chi connectivity index (χ1n) is 6.11. The van der Waals surface area contributed by atoms with Crippen LogP contribution in [0.25, 0.3) is 0 Å². The molecule has 0 aromatic heterocycles. The summed E-state index contributed by atoms with van der Waals surface area (Å²) in [5, 5.41) is 20.0. The fraction of sp³-hybridized carbons (Fsp3) is 0.538. The average Bonchev–Trinajstić information content (AvgIpc) is 2.47. The quantitative estimate of drug-likeness (QED) is 0.628. The lowest BCUT2D eigenvalue weighted by Gasteiger charge is -2.40. The Morgan fingerprint density at radius 3 is 2.42 bits per heavy atom. The Kier molecular flexibility index (Phi) is 5.56. The molecule has 5 unspecified atom stereocenters. The minimum atomic E-state index is -0.917. The van der Waals surface area contributed by atoms with Crippen molar-refractivity contribution in [3.63, 3.8) is 0 Å². The summed E-state index contributed by atoms with van der Waals surface area (Å²) in [7, 11) is 0. The summed E-state index contributed by atoms with van der Waals surface area (Å²) in [6.45, 7) is 0. The first-order valence-corrected chi connectivity index (χ1v) is 7.37. The van der Waals surface area contributed by atoms with Gasteiger partial charge in [0.1, 0.15) is 12.2 Å². The maximum absolute atomic E-state index is 10.1. The summed E-state index contributed by atoms with van der Waals surface area (Å²) < 4.78 is 11.3. The van der Waals surface area contributed by atoms with Crippen LogP contribution >= 0.6 is 25.3 Å². The number of hydrogen-bond donors (Lipinski definition) is 4. The first-order chi connectivity index (χ1) is 9.17. The molecule has 2 N–H and O–H groups in total. The molecule has 4 nitrogen and oxygen atoms in total. The van der Waals surface area contributed by atoms with Crippen molar-refractivity contribution in [1.29, 1.82) is 0 Å². The van der Waals surface area contributed by atoms with Crippen LogP contribution in [0.3, 0.4) is 0 Å². The second-order valence-electron chi connectivity index (χ2n) is 4.44. The molecule has 1 aliphatic rings. The van der Waals surface area contributed by atoms with E-state index in [4.69, 9.17) is 9.47 Å². The number of hydrogen-bond acceptors (Lipinski definition) is 6. The highest BCUT2D eigenvalue weighted by Crippen LogP contribution is 2.32. The van der Waals surface area contributed by atoms with Crippen LogP contribution < -0.4 is 0 Å². The van der Waals surface area contributed by atoms with E-state index in [0.29, 0.717) is 5.75 Å². The zero-order valence-electron chi connectivity index (χ0n) is 10.3. The molecular weight excluding hydrogens is 284 g/mol. The molecule has 1 aromatic rings. The molecule has 0 spiro atoms. The molecule has 106 valence electrons. The van der Waals surface area contributed by atoms with Crippen LogP contribution in [0.1, 0.15) is 11.9 Å². The van der Waals surface area contributed by atoms with Gasteiger partial charge >= 0.3 is 0 Å². The number of ether oxygens (including phenoxy) is 2. The Labute approximate surface area is 123 Å². The third-order valence-electron chi connectivity index (χ3n) is 3.11. The van der Waals surface area contributed by atoms with E-state index in [-0.39, 0.29) is 5.75 Å². The zero-order chi connectivity index (χ0) is 13.8. The Morgan fingerprint density at radius 2 is 1.84 bits per heavy atom. The largest absolute Gasteiger partial charge is 0.389 e. The number of aliphatic hydroxyl groups is 2.